The van der Waals surface area contributed by atoms with E-state index < -0.39 is 0 Å². The predicted molar refractivity (Wildman–Crippen MR) is 71.3 cm³/mol. The predicted octanol–water partition coefficient (Wildman–Crippen LogP) is 1.94. The topological polar surface area (TPSA) is 67.9 Å². The molecule has 94 valence electrons. The third-order valence-electron chi connectivity index (χ3n) is 2.41. The molecule has 1 aromatic heterocycles. The fourth-order valence-corrected chi connectivity index (χ4v) is 2.55. The van der Waals surface area contributed by atoms with E-state index in [9.17, 15) is 0 Å². The number of nitrogens with zero attached hydrogens (tertiary/aromatic N) is 4. The van der Waals surface area contributed by atoms with Crippen molar-refractivity contribution in [3.63, 3.8) is 0 Å². The van der Waals surface area contributed by atoms with Crippen LogP contribution >= 0.6 is 11.8 Å². The van der Waals surface area contributed by atoms with E-state index in [1.807, 2.05) is 0 Å². The number of anilines is 2. The van der Waals surface area contributed by atoms with E-state index in [1.165, 1.54) is 12.8 Å². The number of rotatable bonds is 2. The third kappa shape index (κ3) is 3.46. The van der Waals surface area contributed by atoms with Gasteiger partial charge in [-0.15, -0.1) is 0 Å². The van der Waals surface area contributed by atoms with Gasteiger partial charge < -0.3 is 10.6 Å². The van der Waals surface area contributed by atoms with Crippen LogP contribution in [-0.4, -0.2) is 32.8 Å². The Balaban J connectivity index is 2.22. The summed E-state index contributed by atoms with van der Waals surface area (Å²) < 4.78 is 0.0794. The Kier molecular flexibility index (Phi) is 3.42. The summed E-state index contributed by atoms with van der Waals surface area (Å²) in [6, 6.07) is 0. The highest BCUT2D eigenvalue weighted by molar-refractivity contribution is 8.00. The summed E-state index contributed by atoms with van der Waals surface area (Å²) in [5, 5.41) is 0.715. The average Bonchev–Trinajstić information content (AvgIpc) is 2.65. The first kappa shape index (κ1) is 12.4. The van der Waals surface area contributed by atoms with Gasteiger partial charge in [0.25, 0.3) is 0 Å². The molecule has 1 saturated heterocycles. The largest absolute Gasteiger partial charge is 0.368 e. The molecule has 0 unspecified atom stereocenters. The molecule has 1 aromatic rings. The lowest BCUT2D eigenvalue weighted by Gasteiger charge is -2.19. The first-order valence-electron chi connectivity index (χ1n) is 5.89. The van der Waals surface area contributed by atoms with E-state index >= 15 is 0 Å². The van der Waals surface area contributed by atoms with Crippen molar-refractivity contribution in [2.75, 3.05) is 23.7 Å². The quantitative estimate of drug-likeness (QED) is 0.812. The third-order valence-corrected chi connectivity index (χ3v) is 3.38. The molecule has 0 bridgehead atoms. The lowest BCUT2D eigenvalue weighted by molar-refractivity contribution is 0.781. The molecule has 2 N–H and O–H groups in total. The first-order valence-corrected chi connectivity index (χ1v) is 6.71. The van der Waals surface area contributed by atoms with Crippen molar-refractivity contribution in [1.29, 1.82) is 0 Å². The normalized spacial score (nSPS) is 16.5. The smallest absolute Gasteiger partial charge is 0.231 e. The zero-order valence-electron chi connectivity index (χ0n) is 10.6. The van der Waals surface area contributed by atoms with Gasteiger partial charge in [0.05, 0.1) is 0 Å². The highest BCUT2D eigenvalue weighted by atomic mass is 32.2. The number of nitrogen functional groups attached to an aromatic ring is 1. The van der Waals surface area contributed by atoms with Crippen molar-refractivity contribution in [1.82, 2.24) is 15.0 Å². The van der Waals surface area contributed by atoms with Crippen molar-refractivity contribution in [3.05, 3.63) is 0 Å². The fourth-order valence-electron chi connectivity index (χ4n) is 1.74. The fraction of sp³-hybridized carbons (Fsp3) is 0.727. The van der Waals surface area contributed by atoms with Crippen LogP contribution in [0.4, 0.5) is 11.9 Å². The Morgan fingerprint density at radius 1 is 1.12 bits per heavy atom. The standard InChI is InChI=1S/C11H19N5S/c1-11(2,3)17-10-14-8(12)13-9(15-10)16-6-4-5-7-16/h4-7H2,1-3H3,(H2,12,13,14,15). The van der Waals surface area contributed by atoms with Crippen LogP contribution in [0.1, 0.15) is 33.6 Å². The molecular weight excluding hydrogens is 234 g/mol. The minimum atomic E-state index is 0.0794. The molecule has 2 rings (SSSR count). The molecule has 5 nitrogen and oxygen atoms in total. The number of nitrogens with two attached hydrogens (primary N) is 1. The second kappa shape index (κ2) is 4.68. The molecule has 1 aliphatic rings. The Hall–Kier alpha value is -1.04. The van der Waals surface area contributed by atoms with E-state index in [-0.39, 0.29) is 4.75 Å². The van der Waals surface area contributed by atoms with Crippen LogP contribution < -0.4 is 10.6 Å². The molecule has 6 heteroatoms. The van der Waals surface area contributed by atoms with Crippen LogP contribution in [0, 0.1) is 0 Å². The van der Waals surface area contributed by atoms with Crippen LogP contribution in [0.3, 0.4) is 0 Å². The summed E-state index contributed by atoms with van der Waals surface area (Å²) in [6.45, 7) is 8.43. The van der Waals surface area contributed by atoms with E-state index in [0.717, 1.165) is 19.0 Å². The van der Waals surface area contributed by atoms with Gasteiger partial charge in [0.1, 0.15) is 0 Å². The first-order chi connectivity index (χ1) is 7.94. The number of aromatic nitrogens is 3. The second-order valence-corrected chi connectivity index (χ2v) is 6.98. The Morgan fingerprint density at radius 2 is 1.76 bits per heavy atom. The number of hydrogen-bond acceptors (Lipinski definition) is 6. The maximum absolute atomic E-state index is 5.74. The van der Waals surface area contributed by atoms with Gasteiger partial charge in [0.2, 0.25) is 11.9 Å². The van der Waals surface area contributed by atoms with Crippen molar-refractivity contribution in [2.24, 2.45) is 0 Å². The van der Waals surface area contributed by atoms with Gasteiger partial charge in [-0.3, -0.25) is 0 Å². The molecule has 1 fully saturated rings. The van der Waals surface area contributed by atoms with Crippen molar-refractivity contribution < 1.29 is 0 Å². The molecule has 17 heavy (non-hydrogen) atoms. The Labute approximate surface area is 106 Å². The van der Waals surface area contributed by atoms with Gasteiger partial charge >= 0.3 is 0 Å². The van der Waals surface area contributed by atoms with Gasteiger partial charge in [-0.2, -0.15) is 15.0 Å². The maximum atomic E-state index is 5.74. The van der Waals surface area contributed by atoms with Crippen LogP contribution in [0.5, 0.6) is 0 Å². The van der Waals surface area contributed by atoms with Crippen molar-refractivity contribution in [2.45, 2.75) is 43.5 Å². The SMILES string of the molecule is CC(C)(C)Sc1nc(N)nc(N2CCCC2)n1. The van der Waals surface area contributed by atoms with Gasteiger partial charge in [0, 0.05) is 17.8 Å². The molecule has 0 aliphatic carbocycles. The van der Waals surface area contributed by atoms with Crippen LogP contribution in [0.25, 0.3) is 0 Å². The summed E-state index contributed by atoms with van der Waals surface area (Å²) in [5.41, 5.74) is 5.74. The molecule has 0 aromatic carbocycles. The van der Waals surface area contributed by atoms with Crippen LogP contribution in [0.2, 0.25) is 0 Å². The van der Waals surface area contributed by atoms with Crippen LogP contribution in [-0.2, 0) is 0 Å². The maximum Gasteiger partial charge on any atom is 0.231 e. The monoisotopic (exact) mass is 253 g/mol. The summed E-state index contributed by atoms with van der Waals surface area (Å²) in [7, 11) is 0. The number of hydrogen-bond donors (Lipinski definition) is 1. The van der Waals surface area contributed by atoms with Crippen LogP contribution in [0.15, 0.2) is 5.16 Å². The average molecular weight is 253 g/mol. The van der Waals surface area contributed by atoms with Crippen molar-refractivity contribution >= 4 is 23.7 Å². The molecule has 0 radical (unpaired) electrons. The zero-order chi connectivity index (χ0) is 12.5. The minimum absolute atomic E-state index is 0.0794. The van der Waals surface area contributed by atoms with E-state index in [4.69, 9.17) is 5.73 Å². The summed E-state index contributed by atoms with van der Waals surface area (Å²) in [5.74, 6) is 1.04. The lowest BCUT2D eigenvalue weighted by atomic mass is 10.3. The zero-order valence-corrected chi connectivity index (χ0v) is 11.4. The highest BCUT2D eigenvalue weighted by Gasteiger charge is 2.19. The second-order valence-electron chi connectivity index (χ2n) is 5.18. The lowest BCUT2D eigenvalue weighted by Crippen LogP contribution is -2.22. The molecule has 0 saturated carbocycles. The molecule has 0 atom stereocenters. The van der Waals surface area contributed by atoms with E-state index in [1.54, 1.807) is 11.8 Å². The van der Waals surface area contributed by atoms with E-state index in [0.29, 0.717) is 11.1 Å². The molecular formula is C11H19N5S. The summed E-state index contributed by atoms with van der Waals surface area (Å²) >= 11 is 1.62. The Morgan fingerprint density at radius 3 is 2.35 bits per heavy atom. The van der Waals surface area contributed by atoms with Gasteiger partial charge in [-0.25, -0.2) is 0 Å². The molecule has 1 aliphatic heterocycles. The Bertz CT molecular complexity index is 395. The van der Waals surface area contributed by atoms with Gasteiger partial charge in [-0.05, 0) is 12.8 Å². The van der Waals surface area contributed by atoms with Crippen molar-refractivity contribution in [3.8, 4) is 0 Å². The van der Waals surface area contributed by atoms with Gasteiger partial charge in [0.15, 0.2) is 5.16 Å². The molecule has 0 amide bonds. The van der Waals surface area contributed by atoms with Gasteiger partial charge in [-0.1, -0.05) is 32.5 Å². The minimum Gasteiger partial charge on any atom is -0.368 e. The molecule has 2 heterocycles. The highest BCUT2D eigenvalue weighted by Crippen LogP contribution is 2.30. The number of thioether (sulfide) groups is 1. The van der Waals surface area contributed by atoms with E-state index in [2.05, 4.69) is 40.6 Å². The molecule has 0 spiro atoms. The summed E-state index contributed by atoms with van der Waals surface area (Å²) in [6.07, 6.45) is 2.40. The summed E-state index contributed by atoms with van der Waals surface area (Å²) in [4.78, 5) is 15.1.